The highest BCUT2D eigenvalue weighted by molar-refractivity contribution is 5.93. The first-order valence-electron chi connectivity index (χ1n) is 11.4. The molecule has 0 aliphatic heterocycles. The average molecular weight is 473 g/mol. The summed E-state index contributed by atoms with van der Waals surface area (Å²) in [7, 11) is 5.14. The second kappa shape index (κ2) is 12.4. The van der Waals surface area contributed by atoms with E-state index < -0.39 is 23.5 Å². The lowest BCUT2D eigenvalue weighted by molar-refractivity contribution is -0.137. The van der Waals surface area contributed by atoms with Gasteiger partial charge in [-0.15, -0.1) is 0 Å². The number of hydrogen-bond donors (Lipinski definition) is 4. The molecule has 8 heteroatoms. The van der Waals surface area contributed by atoms with E-state index in [-0.39, 0.29) is 29.9 Å². The summed E-state index contributed by atoms with van der Waals surface area (Å²) in [5, 5.41) is 18.2. The van der Waals surface area contributed by atoms with Crippen LogP contribution in [0.25, 0.3) is 5.57 Å². The van der Waals surface area contributed by atoms with Gasteiger partial charge in [-0.1, -0.05) is 58.5 Å². The number of carboxylic acid groups (broad SMARTS) is 1. The molecule has 0 fully saturated rings. The minimum atomic E-state index is -1.03. The quantitative estimate of drug-likeness (QED) is 0.348. The number of rotatable bonds is 12. The molecule has 0 saturated carbocycles. The van der Waals surface area contributed by atoms with Crippen LogP contribution in [0.5, 0.6) is 0 Å². The predicted octanol–water partition coefficient (Wildman–Crippen LogP) is 2.99. The van der Waals surface area contributed by atoms with Crippen molar-refractivity contribution in [3.05, 3.63) is 48.1 Å². The van der Waals surface area contributed by atoms with Crippen molar-refractivity contribution < 1.29 is 19.5 Å². The first kappa shape index (κ1) is 28.9. The fourth-order valence-electron chi connectivity index (χ4n) is 3.74. The molecule has 0 bridgehead atoms. The van der Waals surface area contributed by atoms with Crippen LogP contribution in [0.1, 0.15) is 40.2 Å². The Balaban J connectivity index is 3.12. The summed E-state index contributed by atoms with van der Waals surface area (Å²) < 4.78 is 0. The molecule has 1 aromatic rings. The molecule has 0 radical (unpaired) electrons. The Hall–Kier alpha value is -3.13. The largest absolute Gasteiger partial charge is 0.478 e. The summed E-state index contributed by atoms with van der Waals surface area (Å²) in [6.07, 6.45) is 1.47. The number of anilines is 1. The van der Waals surface area contributed by atoms with Crippen LogP contribution in [0, 0.1) is 11.3 Å². The number of carbonyl (C=O) groups is 3. The van der Waals surface area contributed by atoms with Gasteiger partial charge in [0.15, 0.2) is 0 Å². The van der Waals surface area contributed by atoms with E-state index in [1.807, 2.05) is 59.0 Å². The van der Waals surface area contributed by atoms with E-state index >= 15 is 0 Å². The van der Waals surface area contributed by atoms with Crippen LogP contribution in [0.4, 0.5) is 5.69 Å². The average Bonchev–Trinajstić information content (AvgIpc) is 2.79. The van der Waals surface area contributed by atoms with Gasteiger partial charge in [-0.05, 0) is 31.5 Å². The SMILES string of the molecule is C=C(c1ccccc1NC)C(C)(C)C(NC)C(=O)NC(C(=O)N(C)C/C=C(\C)C(=O)O)C(C)C. The van der Waals surface area contributed by atoms with E-state index in [0.717, 1.165) is 16.8 Å². The highest BCUT2D eigenvalue weighted by Gasteiger charge is 2.39. The van der Waals surface area contributed by atoms with Crippen molar-refractivity contribution in [1.82, 2.24) is 15.5 Å². The van der Waals surface area contributed by atoms with Crippen LogP contribution in [-0.2, 0) is 14.4 Å². The fraction of sp³-hybridized carbons (Fsp3) is 0.500. The van der Waals surface area contributed by atoms with E-state index in [1.165, 1.54) is 17.9 Å². The smallest absolute Gasteiger partial charge is 0.331 e. The van der Waals surface area contributed by atoms with Gasteiger partial charge in [-0.2, -0.15) is 0 Å². The molecule has 8 nitrogen and oxygen atoms in total. The molecular weight excluding hydrogens is 432 g/mol. The van der Waals surface area contributed by atoms with Gasteiger partial charge in [-0.3, -0.25) is 9.59 Å². The van der Waals surface area contributed by atoms with E-state index in [4.69, 9.17) is 5.11 Å². The first-order chi connectivity index (χ1) is 15.8. The maximum Gasteiger partial charge on any atom is 0.331 e. The van der Waals surface area contributed by atoms with Crippen molar-refractivity contribution in [3.63, 3.8) is 0 Å². The number of carbonyl (C=O) groups excluding carboxylic acids is 2. The number of likely N-dealkylation sites (N-methyl/N-ethyl adjacent to an activating group) is 2. The second-order valence-electron chi connectivity index (χ2n) is 9.36. The van der Waals surface area contributed by atoms with Crippen LogP contribution in [0.3, 0.4) is 0 Å². The third-order valence-corrected chi connectivity index (χ3v) is 6.19. The van der Waals surface area contributed by atoms with Crippen molar-refractivity contribution in [2.24, 2.45) is 11.3 Å². The zero-order chi connectivity index (χ0) is 26.2. The number of nitrogens with zero attached hydrogens (tertiary/aromatic N) is 1. The lowest BCUT2D eigenvalue weighted by atomic mass is 9.74. The van der Waals surface area contributed by atoms with Crippen molar-refractivity contribution in [1.29, 1.82) is 0 Å². The Morgan fingerprint density at radius 1 is 1.18 bits per heavy atom. The van der Waals surface area contributed by atoms with Gasteiger partial charge >= 0.3 is 5.97 Å². The van der Waals surface area contributed by atoms with E-state index in [0.29, 0.717) is 0 Å². The first-order valence-corrected chi connectivity index (χ1v) is 11.4. The van der Waals surface area contributed by atoms with Gasteiger partial charge in [0.2, 0.25) is 11.8 Å². The van der Waals surface area contributed by atoms with Gasteiger partial charge in [-0.25, -0.2) is 4.79 Å². The van der Waals surface area contributed by atoms with Gasteiger partial charge < -0.3 is 26.0 Å². The highest BCUT2D eigenvalue weighted by atomic mass is 16.4. The van der Waals surface area contributed by atoms with E-state index in [9.17, 15) is 14.4 Å². The summed E-state index contributed by atoms with van der Waals surface area (Å²) in [6, 6.07) is 6.35. The lowest BCUT2D eigenvalue weighted by Gasteiger charge is -2.37. The number of nitrogens with one attached hydrogen (secondary N) is 3. The zero-order valence-corrected chi connectivity index (χ0v) is 21.7. The molecule has 0 aromatic heterocycles. The monoisotopic (exact) mass is 472 g/mol. The predicted molar refractivity (Wildman–Crippen MR) is 137 cm³/mol. The second-order valence-corrected chi connectivity index (χ2v) is 9.36. The number of benzene rings is 1. The Labute approximate surface area is 203 Å². The molecule has 2 atom stereocenters. The van der Waals surface area contributed by atoms with Gasteiger partial charge in [0, 0.05) is 42.9 Å². The third kappa shape index (κ3) is 6.93. The minimum absolute atomic E-state index is 0.134. The molecule has 188 valence electrons. The van der Waals surface area contributed by atoms with Crippen molar-refractivity contribution in [2.75, 3.05) is 33.0 Å². The molecule has 0 aliphatic rings. The molecule has 0 spiro atoms. The summed E-state index contributed by atoms with van der Waals surface area (Å²) in [5.74, 6) is -1.80. The third-order valence-electron chi connectivity index (χ3n) is 6.19. The number of hydrogen-bond acceptors (Lipinski definition) is 5. The molecule has 0 heterocycles. The van der Waals surface area contributed by atoms with Crippen LogP contribution in [0.2, 0.25) is 0 Å². The van der Waals surface area contributed by atoms with E-state index in [2.05, 4.69) is 22.5 Å². The Bertz CT molecular complexity index is 936. The summed E-state index contributed by atoms with van der Waals surface area (Å²) in [5.41, 5.74) is 2.09. The van der Waals surface area contributed by atoms with Gasteiger partial charge in [0.25, 0.3) is 0 Å². The van der Waals surface area contributed by atoms with Crippen molar-refractivity contribution >= 4 is 29.0 Å². The lowest BCUT2D eigenvalue weighted by Crippen LogP contribution is -2.58. The minimum Gasteiger partial charge on any atom is -0.478 e. The zero-order valence-electron chi connectivity index (χ0n) is 21.7. The number of aliphatic carboxylic acids is 1. The molecular formula is C26H40N4O4. The molecule has 0 saturated heterocycles. The maximum absolute atomic E-state index is 13.4. The number of amides is 2. The molecule has 2 amide bonds. The number of carboxylic acids is 1. The van der Waals surface area contributed by atoms with Crippen LogP contribution in [0.15, 0.2) is 42.5 Å². The van der Waals surface area contributed by atoms with Gasteiger partial charge in [0.05, 0.1) is 6.04 Å². The topological polar surface area (TPSA) is 111 Å². The summed E-state index contributed by atoms with van der Waals surface area (Å²) >= 11 is 0. The summed E-state index contributed by atoms with van der Waals surface area (Å²) in [4.78, 5) is 38.9. The standard InChI is InChI=1S/C26H40N4O4/c1-16(2)21(24(32)30(9)15-14-17(3)25(33)34)29-23(31)22(28-8)26(5,6)18(4)19-12-10-11-13-20(19)27-7/h10-14,16,21-22,27-28H,4,15H2,1-3,5-9H3,(H,29,31)(H,33,34)/b17-14+. The molecule has 2 unspecified atom stereocenters. The van der Waals surface area contributed by atoms with Crippen LogP contribution in [-0.4, -0.2) is 67.6 Å². The molecule has 4 N–H and O–H groups in total. The highest BCUT2D eigenvalue weighted by Crippen LogP contribution is 2.39. The Morgan fingerprint density at radius 3 is 2.26 bits per heavy atom. The van der Waals surface area contributed by atoms with Crippen LogP contribution < -0.4 is 16.0 Å². The van der Waals surface area contributed by atoms with Crippen molar-refractivity contribution in [3.8, 4) is 0 Å². The molecule has 34 heavy (non-hydrogen) atoms. The van der Waals surface area contributed by atoms with Crippen LogP contribution >= 0.6 is 0 Å². The Kier molecular flexibility index (Phi) is 10.5. The normalized spacial score (nSPS) is 13.7. The van der Waals surface area contributed by atoms with Crippen molar-refractivity contribution in [2.45, 2.75) is 46.7 Å². The fourth-order valence-corrected chi connectivity index (χ4v) is 3.74. The molecule has 1 rings (SSSR count). The number of para-hydroxylation sites is 1. The van der Waals surface area contributed by atoms with E-state index in [1.54, 1.807) is 14.1 Å². The summed E-state index contributed by atoms with van der Waals surface area (Å²) in [6.45, 7) is 13.5. The molecule has 1 aromatic carbocycles. The Morgan fingerprint density at radius 2 is 1.76 bits per heavy atom. The molecule has 0 aliphatic carbocycles. The van der Waals surface area contributed by atoms with Gasteiger partial charge in [0.1, 0.15) is 6.04 Å². The maximum atomic E-state index is 13.4.